The molecule has 4 heteroatoms. The van der Waals surface area contributed by atoms with Gasteiger partial charge >= 0.3 is 0 Å². The van der Waals surface area contributed by atoms with E-state index in [0.717, 1.165) is 18.7 Å². The second-order valence-corrected chi connectivity index (χ2v) is 6.40. The van der Waals surface area contributed by atoms with E-state index in [4.69, 9.17) is 0 Å². The second kappa shape index (κ2) is 6.64. The van der Waals surface area contributed by atoms with Gasteiger partial charge in [-0.3, -0.25) is 10.1 Å². The Balaban J connectivity index is 2.31. The van der Waals surface area contributed by atoms with Crippen LogP contribution in [0.25, 0.3) is 0 Å². The zero-order valence-corrected chi connectivity index (χ0v) is 13.6. The van der Waals surface area contributed by atoms with Gasteiger partial charge in [0.25, 0.3) is 0 Å². The smallest absolute Gasteiger partial charge is 0.241 e. The Labute approximate surface area is 126 Å². The number of hydrogen-bond acceptors (Lipinski definition) is 3. The van der Waals surface area contributed by atoms with E-state index in [-0.39, 0.29) is 18.1 Å². The molecular formula is C16H24N2OS. The number of carbonyl (C=O) groups excluding carboxylic acids is 1. The van der Waals surface area contributed by atoms with Gasteiger partial charge in [0.15, 0.2) is 0 Å². The molecule has 20 heavy (non-hydrogen) atoms. The third kappa shape index (κ3) is 3.01. The van der Waals surface area contributed by atoms with Gasteiger partial charge in [0.05, 0.1) is 6.04 Å². The van der Waals surface area contributed by atoms with E-state index in [1.165, 1.54) is 16.7 Å². The van der Waals surface area contributed by atoms with Crippen molar-refractivity contribution in [2.75, 3.05) is 18.6 Å². The Kier molecular flexibility index (Phi) is 5.11. The van der Waals surface area contributed by atoms with Gasteiger partial charge in [0.2, 0.25) is 5.91 Å². The van der Waals surface area contributed by atoms with E-state index >= 15 is 0 Å². The van der Waals surface area contributed by atoms with Crippen molar-refractivity contribution in [2.45, 2.75) is 39.4 Å². The topological polar surface area (TPSA) is 32.3 Å². The van der Waals surface area contributed by atoms with Crippen LogP contribution in [-0.4, -0.2) is 35.4 Å². The number of nitrogens with one attached hydrogen (secondary N) is 1. The van der Waals surface area contributed by atoms with E-state index in [2.05, 4.69) is 50.5 Å². The molecule has 1 aliphatic rings. The summed E-state index contributed by atoms with van der Waals surface area (Å²) in [6, 6.07) is 6.42. The summed E-state index contributed by atoms with van der Waals surface area (Å²) in [7, 11) is 0. The van der Waals surface area contributed by atoms with Gasteiger partial charge in [-0.15, -0.1) is 0 Å². The fourth-order valence-electron chi connectivity index (χ4n) is 2.71. The number of thioether (sulfide) groups is 1. The lowest BCUT2D eigenvalue weighted by Crippen LogP contribution is -2.33. The van der Waals surface area contributed by atoms with Crippen molar-refractivity contribution < 1.29 is 4.79 Å². The molecule has 3 nitrogen and oxygen atoms in total. The van der Waals surface area contributed by atoms with E-state index < -0.39 is 0 Å². The summed E-state index contributed by atoms with van der Waals surface area (Å²) in [5.41, 5.74) is 3.71. The van der Waals surface area contributed by atoms with Crippen molar-refractivity contribution >= 4 is 17.7 Å². The van der Waals surface area contributed by atoms with Crippen LogP contribution in [0.3, 0.4) is 0 Å². The number of amides is 1. The van der Waals surface area contributed by atoms with Crippen LogP contribution in [0.5, 0.6) is 0 Å². The predicted octanol–water partition coefficient (Wildman–Crippen LogP) is 2.88. The average Bonchev–Trinajstić information content (AvgIpc) is 2.75. The average molecular weight is 292 g/mol. The Morgan fingerprint density at radius 1 is 1.35 bits per heavy atom. The standard InChI is InChI=1S/C16H24N2OS/c1-5-14-16(19)18(8-9-20-4)15(17-14)13-10-11(2)6-7-12(13)3/h6-7,10,14-15,17H,5,8-9H2,1-4H3. The molecule has 2 unspecified atom stereocenters. The molecule has 1 fully saturated rings. The van der Waals surface area contributed by atoms with Crippen molar-refractivity contribution in [3.63, 3.8) is 0 Å². The molecule has 0 saturated carbocycles. The maximum Gasteiger partial charge on any atom is 0.241 e. The normalized spacial score (nSPS) is 22.6. The summed E-state index contributed by atoms with van der Waals surface area (Å²) in [6.07, 6.45) is 2.95. The Bertz CT molecular complexity index is 489. The lowest BCUT2D eigenvalue weighted by Gasteiger charge is -2.26. The van der Waals surface area contributed by atoms with Crippen LogP contribution in [0, 0.1) is 13.8 Å². The Morgan fingerprint density at radius 3 is 2.75 bits per heavy atom. The first-order valence-electron chi connectivity index (χ1n) is 7.21. The van der Waals surface area contributed by atoms with Gasteiger partial charge in [0, 0.05) is 12.3 Å². The van der Waals surface area contributed by atoms with Crippen molar-refractivity contribution in [2.24, 2.45) is 0 Å². The first-order valence-corrected chi connectivity index (χ1v) is 8.60. The molecule has 2 atom stereocenters. The molecule has 1 heterocycles. The number of nitrogens with zero attached hydrogens (tertiary/aromatic N) is 1. The largest absolute Gasteiger partial charge is 0.321 e. The summed E-state index contributed by atoms with van der Waals surface area (Å²) in [4.78, 5) is 14.5. The lowest BCUT2D eigenvalue weighted by atomic mass is 10.0. The highest BCUT2D eigenvalue weighted by Gasteiger charge is 2.38. The molecule has 1 aromatic rings. The van der Waals surface area contributed by atoms with Crippen LogP contribution in [0.4, 0.5) is 0 Å². The first kappa shape index (κ1) is 15.4. The van der Waals surface area contributed by atoms with Crippen molar-refractivity contribution in [1.82, 2.24) is 10.2 Å². The number of hydrogen-bond donors (Lipinski definition) is 1. The fourth-order valence-corrected chi connectivity index (χ4v) is 3.09. The van der Waals surface area contributed by atoms with Gasteiger partial charge in [0.1, 0.15) is 6.17 Å². The maximum atomic E-state index is 12.5. The number of benzene rings is 1. The highest BCUT2D eigenvalue weighted by atomic mass is 32.2. The van der Waals surface area contributed by atoms with Gasteiger partial charge < -0.3 is 4.90 Å². The third-order valence-electron chi connectivity index (χ3n) is 3.93. The molecule has 1 amide bonds. The number of rotatable bonds is 5. The molecular weight excluding hydrogens is 268 g/mol. The predicted molar refractivity (Wildman–Crippen MR) is 86.0 cm³/mol. The molecule has 1 aliphatic heterocycles. The molecule has 0 spiro atoms. The van der Waals surface area contributed by atoms with Crippen LogP contribution < -0.4 is 5.32 Å². The van der Waals surface area contributed by atoms with Crippen LogP contribution >= 0.6 is 11.8 Å². The Morgan fingerprint density at radius 2 is 2.10 bits per heavy atom. The second-order valence-electron chi connectivity index (χ2n) is 5.41. The van der Waals surface area contributed by atoms with Crippen LogP contribution in [-0.2, 0) is 4.79 Å². The summed E-state index contributed by atoms with van der Waals surface area (Å²) in [6.45, 7) is 7.09. The molecule has 110 valence electrons. The van der Waals surface area contributed by atoms with E-state index in [1.54, 1.807) is 11.8 Å². The van der Waals surface area contributed by atoms with Gasteiger partial charge in [-0.05, 0) is 37.7 Å². The molecule has 0 aromatic heterocycles. The minimum absolute atomic E-state index is 0.0273. The molecule has 1 aromatic carbocycles. The maximum absolute atomic E-state index is 12.5. The minimum Gasteiger partial charge on any atom is -0.321 e. The van der Waals surface area contributed by atoms with Gasteiger partial charge in [-0.25, -0.2) is 0 Å². The highest BCUT2D eigenvalue weighted by molar-refractivity contribution is 7.98. The molecule has 2 rings (SSSR count). The molecule has 1 saturated heterocycles. The van der Waals surface area contributed by atoms with Gasteiger partial charge in [-0.1, -0.05) is 30.7 Å². The third-order valence-corrected chi connectivity index (χ3v) is 4.52. The van der Waals surface area contributed by atoms with Crippen LogP contribution in [0.15, 0.2) is 18.2 Å². The Hall–Kier alpha value is -1.00. The molecule has 0 bridgehead atoms. The zero-order chi connectivity index (χ0) is 14.7. The van der Waals surface area contributed by atoms with Crippen molar-refractivity contribution in [3.05, 3.63) is 34.9 Å². The minimum atomic E-state index is -0.0400. The van der Waals surface area contributed by atoms with E-state index in [9.17, 15) is 4.79 Å². The SMILES string of the molecule is CCC1NC(c2cc(C)ccc2C)N(CCSC)C1=O. The van der Waals surface area contributed by atoms with Crippen LogP contribution in [0.1, 0.15) is 36.2 Å². The molecule has 0 aliphatic carbocycles. The highest BCUT2D eigenvalue weighted by Crippen LogP contribution is 2.29. The summed E-state index contributed by atoms with van der Waals surface area (Å²) >= 11 is 1.78. The molecule has 1 N–H and O–H groups in total. The lowest BCUT2D eigenvalue weighted by molar-refractivity contribution is -0.129. The number of carbonyl (C=O) groups is 1. The first-order chi connectivity index (χ1) is 9.58. The van der Waals surface area contributed by atoms with Crippen LogP contribution in [0.2, 0.25) is 0 Å². The van der Waals surface area contributed by atoms with Crippen molar-refractivity contribution in [3.8, 4) is 0 Å². The fraction of sp³-hybridized carbons (Fsp3) is 0.562. The monoisotopic (exact) mass is 292 g/mol. The quantitative estimate of drug-likeness (QED) is 0.905. The summed E-state index contributed by atoms with van der Waals surface area (Å²) in [5, 5.41) is 3.50. The zero-order valence-electron chi connectivity index (χ0n) is 12.8. The van der Waals surface area contributed by atoms with E-state index in [0.29, 0.717) is 0 Å². The molecule has 0 radical (unpaired) electrons. The van der Waals surface area contributed by atoms with Crippen molar-refractivity contribution in [1.29, 1.82) is 0 Å². The van der Waals surface area contributed by atoms with Gasteiger partial charge in [-0.2, -0.15) is 11.8 Å². The summed E-state index contributed by atoms with van der Waals surface area (Å²) < 4.78 is 0. The van der Waals surface area contributed by atoms with E-state index in [1.807, 2.05) is 4.90 Å². The summed E-state index contributed by atoms with van der Waals surface area (Å²) in [5.74, 6) is 1.22. The number of aryl methyl sites for hydroxylation is 2.